The van der Waals surface area contributed by atoms with Gasteiger partial charge in [-0.3, -0.25) is 4.79 Å². The molecule has 0 radical (unpaired) electrons. The first-order valence-corrected chi connectivity index (χ1v) is 11.4. The number of rotatable bonds is 3. The number of aryl methyl sites for hydroxylation is 1. The van der Waals surface area contributed by atoms with Crippen LogP contribution in [0.1, 0.15) is 40.2 Å². The van der Waals surface area contributed by atoms with Gasteiger partial charge in [-0.2, -0.15) is 4.98 Å². The van der Waals surface area contributed by atoms with Crippen molar-refractivity contribution < 1.29 is 22.8 Å². The zero-order valence-electron chi connectivity index (χ0n) is 17.6. The molecule has 1 N–H and O–H groups in total. The topological polar surface area (TPSA) is 89.6 Å². The summed E-state index contributed by atoms with van der Waals surface area (Å²) in [6.07, 6.45) is 0.0342. The highest BCUT2D eigenvalue weighted by atomic mass is 32.2. The van der Waals surface area contributed by atoms with Crippen molar-refractivity contribution in [1.29, 1.82) is 0 Å². The number of hydrogen-bond acceptors (Lipinski definition) is 7. The van der Waals surface area contributed by atoms with Gasteiger partial charge in [0.25, 0.3) is 5.91 Å². The van der Waals surface area contributed by atoms with Crippen LogP contribution in [0.15, 0.2) is 58.0 Å². The summed E-state index contributed by atoms with van der Waals surface area (Å²) in [4.78, 5) is 21.7. The summed E-state index contributed by atoms with van der Waals surface area (Å²) in [5, 5.41) is 7.14. The maximum atomic E-state index is 15.0. The molecule has 0 spiro atoms. The molecule has 0 bridgehead atoms. The molecule has 170 valence electrons. The van der Waals surface area contributed by atoms with Crippen LogP contribution < -0.4 is 5.32 Å². The molecule has 2 aromatic carbocycles. The van der Waals surface area contributed by atoms with E-state index in [4.69, 9.17) is 14.3 Å². The molecular formula is C23H20F2N4O3S. The molecule has 1 fully saturated rings. The quantitative estimate of drug-likeness (QED) is 0.618. The minimum Gasteiger partial charge on any atom is -0.367 e. The Balaban J connectivity index is 1.50. The summed E-state index contributed by atoms with van der Waals surface area (Å²) in [6.45, 7) is 1.71. The second-order valence-corrected chi connectivity index (χ2v) is 9.01. The fourth-order valence-electron chi connectivity index (χ4n) is 4.24. The SMILES string of the molecule is Cc1nc([C@H]2C[C@H]3CSC(NC(=O)c4ccccc4)=N[C@@]3(c3ccc(F)cc3F)CO2)no1. The lowest BCUT2D eigenvalue weighted by Gasteiger charge is -2.46. The van der Waals surface area contributed by atoms with Gasteiger partial charge >= 0.3 is 0 Å². The fraction of sp³-hybridized carbons (Fsp3) is 0.304. The van der Waals surface area contributed by atoms with Gasteiger partial charge in [-0.25, -0.2) is 13.8 Å². The number of aliphatic imine (C=N–C) groups is 1. The van der Waals surface area contributed by atoms with Gasteiger partial charge in [0.05, 0.1) is 6.61 Å². The van der Waals surface area contributed by atoms with Crippen LogP contribution in [-0.4, -0.2) is 33.6 Å². The molecule has 10 heteroatoms. The number of aromatic nitrogens is 2. The number of hydrogen-bond donors (Lipinski definition) is 1. The van der Waals surface area contributed by atoms with Crippen molar-refractivity contribution in [2.45, 2.75) is 25.0 Å². The molecule has 1 amide bonds. The first kappa shape index (κ1) is 21.7. The van der Waals surface area contributed by atoms with Gasteiger partial charge in [-0.15, -0.1) is 0 Å². The first-order valence-electron chi connectivity index (χ1n) is 10.4. The highest BCUT2D eigenvalue weighted by molar-refractivity contribution is 8.13. The van der Waals surface area contributed by atoms with Crippen LogP contribution >= 0.6 is 11.8 Å². The number of benzene rings is 2. The van der Waals surface area contributed by atoms with Gasteiger partial charge in [-0.1, -0.05) is 41.2 Å². The van der Waals surface area contributed by atoms with Crippen LogP contribution in [0.3, 0.4) is 0 Å². The summed E-state index contributed by atoms with van der Waals surface area (Å²) in [5.74, 6) is -0.463. The number of carbonyl (C=O) groups excluding carboxylic acids is 1. The lowest BCUT2D eigenvalue weighted by molar-refractivity contribution is -0.0634. The van der Waals surface area contributed by atoms with Crippen LogP contribution in [-0.2, 0) is 10.3 Å². The number of nitrogens with one attached hydrogen (secondary N) is 1. The highest BCUT2D eigenvalue weighted by Gasteiger charge is 2.50. The molecular weight excluding hydrogens is 450 g/mol. The molecule has 0 aliphatic carbocycles. The summed E-state index contributed by atoms with van der Waals surface area (Å²) in [7, 11) is 0. The molecule has 33 heavy (non-hydrogen) atoms. The van der Waals surface area contributed by atoms with Gasteiger partial charge in [-0.05, 0) is 24.6 Å². The van der Waals surface area contributed by atoms with Crippen molar-refractivity contribution in [3.05, 3.63) is 83.0 Å². The third-order valence-electron chi connectivity index (χ3n) is 5.89. The highest BCUT2D eigenvalue weighted by Crippen LogP contribution is 2.49. The number of nitrogens with zero attached hydrogens (tertiary/aromatic N) is 3. The Labute approximate surface area is 192 Å². The summed E-state index contributed by atoms with van der Waals surface area (Å²) in [5.41, 5.74) is -0.418. The van der Waals surface area contributed by atoms with Crippen LogP contribution in [0.25, 0.3) is 0 Å². The van der Waals surface area contributed by atoms with Crippen molar-refractivity contribution in [2.75, 3.05) is 12.4 Å². The van der Waals surface area contributed by atoms with E-state index in [1.165, 1.54) is 23.9 Å². The van der Waals surface area contributed by atoms with E-state index in [-0.39, 0.29) is 24.0 Å². The average Bonchev–Trinajstić information content (AvgIpc) is 3.25. The number of amidine groups is 1. The Morgan fingerprint density at radius 2 is 2.03 bits per heavy atom. The largest absolute Gasteiger partial charge is 0.367 e. The summed E-state index contributed by atoms with van der Waals surface area (Å²) < 4.78 is 39.8. The zero-order chi connectivity index (χ0) is 23.0. The second-order valence-electron chi connectivity index (χ2n) is 8.00. The van der Waals surface area contributed by atoms with E-state index in [1.807, 2.05) is 6.07 Å². The minimum atomic E-state index is -1.13. The third kappa shape index (κ3) is 4.16. The smallest absolute Gasteiger partial charge is 0.257 e. The minimum absolute atomic E-state index is 0.0176. The molecule has 3 atom stereocenters. The molecule has 3 aromatic rings. The Bertz CT molecular complexity index is 1220. The van der Waals surface area contributed by atoms with E-state index in [9.17, 15) is 13.6 Å². The fourth-order valence-corrected chi connectivity index (χ4v) is 5.40. The molecule has 0 saturated carbocycles. The predicted molar refractivity (Wildman–Crippen MR) is 118 cm³/mol. The lowest BCUT2D eigenvalue weighted by Crippen LogP contribution is -2.49. The van der Waals surface area contributed by atoms with Gasteiger partial charge in [0.2, 0.25) is 11.7 Å². The summed E-state index contributed by atoms with van der Waals surface area (Å²) >= 11 is 1.38. The third-order valence-corrected chi connectivity index (χ3v) is 6.92. The standard InChI is InChI=1S/C23H20F2N4O3S/c1-13-26-20(29-32-13)19-9-15-11-33-22(27-21(30)14-5-3-2-4-6-14)28-23(15,12-31-19)17-8-7-16(24)10-18(17)25/h2-8,10,15,19H,9,11-12H2,1H3,(H,27,28,30)/t15-,19+,23-/m0/s1. The molecule has 5 rings (SSSR count). The van der Waals surface area contributed by atoms with E-state index < -0.39 is 23.3 Å². The van der Waals surface area contributed by atoms with Gasteiger partial charge in [0.1, 0.15) is 23.3 Å². The Hall–Kier alpha value is -3.11. The van der Waals surface area contributed by atoms with Crippen LogP contribution in [0.5, 0.6) is 0 Å². The summed E-state index contributed by atoms with van der Waals surface area (Å²) in [6, 6.07) is 12.2. The average molecular weight is 471 g/mol. The second kappa shape index (κ2) is 8.68. The van der Waals surface area contributed by atoms with Gasteiger partial charge in [0, 0.05) is 35.8 Å². The maximum absolute atomic E-state index is 15.0. The Kier molecular flexibility index (Phi) is 5.71. The van der Waals surface area contributed by atoms with E-state index >= 15 is 0 Å². The van der Waals surface area contributed by atoms with Gasteiger partial charge < -0.3 is 14.6 Å². The van der Waals surface area contributed by atoms with Crippen molar-refractivity contribution >= 4 is 22.8 Å². The molecule has 1 aromatic heterocycles. The number of carbonyl (C=O) groups is 1. The Morgan fingerprint density at radius 3 is 2.76 bits per heavy atom. The number of amides is 1. The van der Waals surface area contributed by atoms with Crippen LogP contribution in [0.4, 0.5) is 8.78 Å². The zero-order valence-corrected chi connectivity index (χ0v) is 18.4. The van der Waals surface area contributed by atoms with E-state index in [2.05, 4.69) is 15.5 Å². The number of ether oxygens (including phenoxy) is 1. The van der Waals surface area contributed by atoms with E-state index in [1.54, 1.807) is 31.2 Å². The maximum Gasteiger partial charge on any atom is 0.257 e. The molecule has 0 unspecified atom stereocenters. The molecule has 1 saturated heterocycles. The normalized spacial score (nSPS) is 24.6. The monoisotopic (exact) mass is 470 g/mol. The van der Waals surface area contributed by atoms with Crippen molar-refractivity contribution in [3.63, 3.8) is 0 Å². The molecule has 7 nitrogen and oxygen atoms in total. The Morgan fingerprint density at radius 1 is 1.21 bits per heavy atom. The van der Waals surface area contributed by atoms with Gasteiger partial charge in [0.15, 0.2) is 5.17 Å². The predicted octanol–water partition coefficient (Wildman–Crippen LogP) is 4.16. The van der Waals surface area contributed by atoms with E-state index in [0.717, 1.165) is 6.07 Å². The van der Waals surface area contributed by atoms with Crippen LogP contribution in [0.2, 0.25) is 0 Å². The van der Waals surface area contributed by atoms with Crippen molar-refractivity contribution in [2.24, 2.45) is 10.9 Å². The lowest BCUT2D eigenvalue weighted by atomic mass is 9.75. The molecule has 2 aliphatic rings. The molecule has 3 heterocycles. The first-order chi connectivity index (χ1) is 15.9. The van der Waals surface area contributed by atoms with E-state index in [0.29, 0.717) is 34.6 Å². The number of halogens is 2. The van der Waals surface area contributed by atoms with Crippen molar-refractivity contribution in [3.8, 4) is 0 Å². The molecule has 2 aliphatic heterocycles. The number of thioether (sulfide) groups is 1. The number of fused-ring (bicyclic) bond motifs is 1. The van der Waals surface area contributed by atoms with Crippen LogP contribution in [0, 0.1) is 24.5 Å². The van der Waals surface area contributed by atoms with Crippen molar-refractivity contribution in [1.82, 2.24) is 15.5 Å².